The van der Waals surface area contributed by atoms with Crippen LogP contribution in [0.5, 0.6) is 0 Å². The Morgan fingerprint density at radius 1 is 1.24 bits per heavy atom. The lowest BCUT2D eigenvalue weighted by molar-refractivity contribution is -0.144. The molecular formula is C16H21N3O2. The highest BCUT2D eigenvalue weighted by Crippen LogP contribution is 2.27. The highest BCUT2D eigenvalue weighted by Gasteiger charge is 2.39. The van der Waals surface area contributed by atoms with Gasteiger partial charge in [-0.25, -0.2) is 0 Å². The summed E-state index contributed by atoms with van der Waals surface area (Å²) in [7, 11) is 0. The minimum Gasteiger partial charge on any atom is -0.368 e. The Morgan fingerprint density at radius 3 is 2.57 bits per heavy atom. The summed E-state index contributed by atoms with van der Waals surface area (Å²) in [5, 5.41) is 3.24. The van der Waals surface area contributed by atoms with Crippen molar-refractivity contribution in [1.82, 2.24) is 10.2 Å². The lowest BCUT2D eigenvalue weighted by Crippen LogP contribution is -2.53. The molecular weight excluding hydrogens is 266 g/mol. The summed E-state index contributed by atoms with van der Waals surface area (Å²) >= 11 is 0. The zero-order chi connectivity index (χ0) is 15.0. The maximum atomic E-state index is 12.8. The zero-order valence-electron chi connectivity index (χ0n) is 12.2. The van der Waals surface area contributed by atoms with Crippen LogP contribution in [0.25, 0.3) is 0 Å². The van der Waals surface area contributed by atoms with Crippen molar-refractivity contribution in [2.45, 2.75) is 25.9 Å². The monoisotopic (exact) mass is 287 g/mol. The second-order valence-electron chi connectivity index (χ2n) is 6.10. The number of nitrogens with one attached hydrogen (secondary N) is 1. The minimum absolute atomic E-state index is 0.0470. The van der Waals surface area contributed by atoms with E-state index in [4.69, 9.17) is 5.73 Å². The Hall–Kier alpha value is -1.88. The molecule has 0 bridgehead atoms. The van der Waals surface area contributed by atoms with Gasteiger partial charge in [-0.2, -0.15) is 0 Å². The fourth-order valence-corrected chi connectivity index (χ4v) is 3.36. The van der Waals surface area contributed by atoms with Crippen LogP contribution in [-0.4, -0.2) is 35.8 Å². The first-order chi connectivity index (χ1) is 10.1. The Kier molecular flexibility index (Phi) is 3.68. The van der Waals surface area contributed by atoms with Gasteiger partial charge in [0.1, 0.15) is 6.04 Å². The van der Waals surface area contributed by atoms with Crippen LogP contribution in [0.3, 0.4) is 0 Å². The molecule has 1 aromatic carbocycles. The van der Waals surface area contributed by atoms with Crippen LogP contribution in [0.4, 0.5) is 0 Å². The molecule has 0 spiro atoms. The van der Waals surface area contributed by atoms with E-state index in [1.165, 1.54) is 0 Å². The van der Waals surface area contributed by atoms with Gasteiger partial charge < -0.3 is 16.0 Å². The smallest absolute Gasteiger partial charge is 0.240 e. The fourth-order valence-electron chi connectivity index (χ4n) is 3.36. The molecule has 2 aliphatic heterocycles. The molecule has 112 valence electrons. The summed E-state index contributed by atoms with van der Waals surface area (Å²) in [6.45, 7) is 4.08. The maximum absolute atomic E-state index is 12.8. The summed E-state index contributed by atoms with van der Waals surface area (Å²) < 4.78 is 0. The van der Waals surface area contributed by atoms with E-state index in [9.17, 15) is 9.59 Å². The molecule has 2 unspecified atom stereocenters. The SMILES string of the molecule is CC1CNCC1C(=O)N1Cc2ccccc2C[C@H]1C(N)=O. The molecule has 1 aromatic rings. The second kappa shape index (κ2) is 5.48. The van der Waals surface area contributed by atoms with Gasteiger partial charge in [-0.3, -0.25) is 9.59 Å². The van der Waals surface area contributed by atoms with E-state index in [1.807, 2.05) is 24.3 Å². The molecule has 3 N–H and O–H groups in total. The van der Waals surface area contributed by atoms with Crippen LogP contribution >= 0.6 is 0 Å². The number of nitrogens with zero attached hydrogens (tertiary/aromatic N) is 1. The number of benzene rings is 1. The van der Waals surface area contributed by atoms with E-state index < -0.39 is 11.9 Å². The maximum Gasteiger partial charge on any atom is 0.240 e. The van der Waals surface area contributed by atoms with E-state index in [-0.39, 0.29) is 11.8 Å². The van der Waals surface area contributed by atoms with E-state index in [2.05, 4.69) is 12.2 Å². The number of amides is 2. The van der Waals surface area contributed by atoms with Gasteiger partial charge in [0, 0.05) is 19.5 Å². The first-order valence-electron chi connectivity index (χ1n) is 7.45. The van der Waals surface area contributed by atoms with E-state index >= 15 is 0 Å². The predicted octanol–water partition coefficient (Wildman–Crippen LogP) is 0.281. The Labute approximate surface area is 124 Å². The van der Waals surface area contributed by atoms with Crippen molar-refractivity contribution in [2.24, 2.45) is 17.6 Å². The normalized spacial score (nSPS) is 28.2. The molecule has 0 saturated carbocycles. The first kappa shape index (κ1) is 14.1. The molecule has 3 atom stereocenters. The second-order valence-corrected chi connectivity index (χ2v) is 6.10. The molecule has 5 nitrogen and oxygen atoms in total. The molecule has 5 heteroatoms. The van der Waals surface area contributed by atoms with Crippen LogP contribution < -0.4 is 11.1 Å². The third kappa shape index (κ3) is 2.53. The number of carbonyl (C=O) groups excluding carboxylic acids is 2. The summed E-state index contributed by atoms with van der Waals surface area (Å²) in [4.78, 5) is 26.3. The molecule has 21 heavy (non-hydrogen) atoms. The molecule has 1 saturated heterocycles. The Morgan fingerprint density at radius 2 is 1.95 bits per heavy atom. The lowest BCUT2D eigenvalue weighted by Gasteiger charge is -2.37. The molecule has 0 radical (unpaired) electrons. The summed E-state index contributed by atoms with van der Waals surface area (Å²) in [5.41, 5.74) is 7.76. The van der Waals surface area contributed by atoms with Crippen molar-refractivity contribution < 1.29 is 9.59 Å². The third-order valence-corrected chi connectivity index (χ3v) is 4.69. The Balaban J connectivity index is 1.89. The van der Waals surface area contributed by atoms with Crippen molar-refractivity contribution in [2.75, 3.05) is 13.1 Å². The highest BCUT2D eigenvalue weighted by molar-refractivity contribution is 5.88. The van der Waals surface area contributed by atoms with Crippen LogP contribution in [0.1, 0.15) is 18.1 Å². The number of rotatable bonds is 2. The molecule has 2 heterocycles. The van der Waals surface area contributed by atoms with Crippen molar-refractivity contribution in [1.29, 1.82) is 0 Å². The van der Waals surface area contributed by atoms with Crippen LogP contribution in [-0.2, 0) is 22.6 Å². The van der Waals surface area contributed by atoms with Crippen molar-refractivity contribution in [3.63, 3.8) is 0 Å². The summed E-state index contributed by atoms with van der Waals surface area (Å²) in [6, 6.07) is 7.42. The van der Waals surface area contributed by atoms with E-state index in [0.717, 1.165) is 17.7 Å². The average molecular weight is 287 g/mol. The number of hydrogen-bond donors (Lipinski definition) is 2. The molecule has 0 aromatic heterocycles. The van der Waals surface area contributed by atoms with Crippen LogP contribution in [0.15, 0.2) is 24.3 Å². The number of nitrogens with two attached hydrogens (primary N) is 1. The lowest BCUT2D eigenvalue weighted by atomic mass is 9.90. The van der Waals surface area contributed by atoms with Crippen molar-refractivity contribution >= 4 is 11.8 Å². The quantitative estimate of drug-likeness (QED) is 0.820. The fraction of sp³-hybridized carbons (Fsp3) is 0.500. The number of fused-ring (bicyclic) bond motifs is 1. The predicted molar refractivity (Wildman–Crippen MR) is 79.2 cm³/mol. The van der Waals surface area contributed by atoms with Gasteiger partial charge in [0.2, 0.25) is 11.8 Å². The number of primary amides is 1. The minimum atomic E-state index is -0.528. The molecule has 2 aliphatic rings. The van der Waals surface area contributed by atoms with Gasteiger partial charge in [-0.1, -0.05) is 31.2 Å². The van der Waals surface area contributed by atoms with Gasteiger partial charge in [-0.05, 0) is 23.6 Å². The topological polar surface area (TPSA) is 75.4 Å². The number of carbonyl (C=O) groups is 2. The molecule has 0 aliphatic carbocycles. The van der Waals surface area contributed by atoms with Gasteiger partial charge in [0.05, 0.1) is 5.92 Å². The Bertz CT molecular complexity index is 572. The van der Waals surface area contributed by atoms with Crippen molar-refractivity contribution in [3.05, 3.63) is 35.4 Å². The molecule has 2 amide bonds. The molecule has 3 rings (SSSR count). The van der Waals surface area contributed by atoms with Gasteiger partial charge in [0.25, 0.3) is 0 Å². The average Bonchev–Trinajstić information content (AvgIpc) is 2.91. The van der Waals surface area contributed by atoms with Gasteiger partial charge >= 0.3 is 0 Å². The molecule has 1 fully saturated rings. The zero-order valence-corrected chi connectivity index (χ0v) is 12.2. The summed E-state index contributed by atoms with van der Waals surface area (Å²) in [6.07, 6.45) is 0.520. The van der Waals surface area contributed by atoms with Gasteiger partial charge in [-0.15, -0.1) is 0 Å². The first-order valence-corrected chi connectivity index (χ1v) is 7.45. The van der Waals surface area contributed by atoms with Crippen LogP contribution in [0, 0.1) is 11.8 Å². The standard InChI is InChI=1S/C16H21N3O2/c1-10-7-18-8-13(10)16(21)19-9-12-5-3-2-4-11(12)6-14(19)15(17)20/h2-5,10,13-14,18H,6-9H2,1H3,(H2,17,20)/t10?,13?,14-/m0/s1. The third-order valence-electron chi connectivity index (χ3n) is 4.69. The highest BCUT2D eigenvalue weighted by atomic mass is 16.2. The van der Waals surface area contributed by atoms with E-state index in [0.29, 0.717) is 25.4 Å². The van der Waals surface area contributed by atoms with Crippen molar-refractivity contribution in [3.8, 4) is 0 Å². The number of hydrogen-bond acceptors (Lipinski definition) is 3. The largest absolute Gasteiger partial charge is 0.368 e. The van der Waals surface area contributed by atoms with Crippen LogP contribution in [0.2, 0.25) is 0 Å². The van der Waals surface area contributed by atoms with Gasteiger partial charge in [0.15, 0.2) is 0 Å². The van der Waals surface area contributed by atoms with E-state index in [1.54, 1.807) is 4.90 Å². The summed E-state index contributed by atoms with van der Waals surface area (Å²) in [5.74, 6) is -0.137.